The molecule has 0 aliphatic heterocycles. The van der Waals surface area contributed by atoms with Gasteiger partial charge in [-0.3, -0.25) is 14.5 Å². The second-order valence-corrected chi connectivity index (χ2v) is 7.42. The number of hydrogen-bond donors (Lipinski definition) is 2. The van der Waals surface area contributed by atoms with Gasteiger partial charge in [-0.25, -0.2) is 0 Å². The molecule has 2 aromatic heterocycles. The molecule has 130 valence electrons. The number of nitrogens with one attached hydrogen (secondary N) is 2. The van der Waals surface area contributed by atoms with Crippen LogP contribution >= 0.6 is 35.2 Å². The smallest absolute Gasteiger partial charge is 0.240 e. The number of carbonyl (C=O) groups excluding carboxylic acids is 1. The fourth-order valence-corrected chi connectivity index (χ4v) is 3.70. The maximum Gasteiger partial charge on any atom is 0.240 e. The summed E-state index contributed by atoms with van der Waals surface area (Å²) in [7, 11) is 0. The predicted octanol–water partition coefficient (Wildman–Crippen LogP) is 4.07. The summed E-state index contributed by atoms with van der Waals surface area (Å²) in [5.41, 5.74) is 1.01. The van der Waals surface area contributed by atoms with Crippen LogP contribution in [0.2, 0.25) is 5.02 Å². The Morgan fingerprint density at radius 2 is 2.20 bits per heavy atom. The highest BCUT2D eigenvalue weighted by atomic mass is 35.5. The summed E-state index contributed by atoms with van der Waals surface area (Å²) >= 11 is 13.0. The number of benzene rings is 1. The van der Waals surface area contributed by atoms with Crippen molar-refractivity contribution < 1.29 is 4.79 Å². The Bertz CT molecular complexity index is 917. The van der Waals surface area contributed by atoms with Gasteiger partial charge in [0.2, 0.25) is 5.91 Å². The lowest BCUT2D eigenvalue weighted by molar-refractivity contribution is -0.122. The number of nitrogens with zero attached hydrogens (tertiary/aromatic N) is 2. The lowest BCUT2D eigenvalue weighted by Crippen LogP contribution is -2.36. The van der Waals surface area contributed by atoms with Crippen LogP contribution in [0.4, 0.5) is 0 Å². The third-order valence-electron chi connectivity index (χ3n) is 3.69. The number of H-pyrrole nitrogens is 1. The number of aromatic amines is 1. The van der Waals surface area contributed by atoms with Crippen molar-refractivity contribution in [1.82, 2.24) is 20.1 Å². The second-order valence-electron chi connectivity index (χ2n) is 5.68. The van der Waals surface area contributed by atoms with Crippen LogP contribution in [-0.4, -0.2) is 26.7 Å². The number of hydrogen-bond acceptors (Lipinski definition) is 4. The Kier molecular flexibility index (Phi) is 5.67. The Hall–Kier alpha value is -1.96. The van der Waals surface area contributed by atoms with Crippen LogP contribution in [0.15, 0.2) is 41.8 Å². The molecule has 0 spiro atoms. The number of carbonyl (C=O) groups is 1. The van der Waals surface area contributed by atoms with Gasteiger partial charge in [0.1, 0.15) is 6.54 Å². The SMILES string of the molecule is C[C@H](Cc1ccccc1Cl)NC(=O)Cn1c(-c2cccs2)n[nH]c1=S. The van der Waals surface area contributed by atoms with Crippen LogP contribution in [0.3, 0.4) is 0 Å². The molecule has 2 N–H and O–H groups in total. The topological polar surface area (TPSA) is 62.7 Å². The molecule has 1 aromatic carbocycles. The quantitative estimate of drug-likeness (QED) is 0.621. The molecule has 0 unspecified atom stereocenters. The molecule has 0 aliphatic carbocycles. The van der Waals surface area contributed by atoms with Gasteiger partial charge in [0, 0.05) is 11.1 Å². The van der Waals surface area contributed by atoms with Crippen LogP contribution in [0.1, 0.15) is 12.5 Å². The summed E-state index contributed by atoms with van der Waals surface area (Å²) in [5, 5.41) is 12.6. The number of halogens is 1. The van der Waals surface area contributed by atoms with Crippen molar-refractivity contribution in [1.29, 1.82) is 0 Å². The van der Waals surface area contributed by atoms with Crippen molar-refractivity contribution in [3.63, 3.8) is 0 Å². The van der Waals surface area contributed by atoms with Gasteiger partial charge < -0.3 is 5.32 Å². The van der Waals surface area contributed by atoms with E-state index >= 15 is 0 Å². The highest BCUT2D eigenvalue weighted by Gasteiger charge is 2.15. The molecule has 2 heterocycles. The van der Waals surface area contributed by atoms with E-state index < -0.39 is 0 Å². The van der Waals surface area contributed by atoms with Gasteiger partial charge in [-0.15, -0.1) is 11.3 Å². The third kappa shape index (κ3) is 4.36. The van der Waals surface area contributed by atoms with E-state index in [1.54, 1.807) is 15.9 Å². The molecule has 3 rings (SSSR count). The molecule has 0 aliphatic rings. The summed E-state index contributed by atoms with van der Waals surface area (Å²) in [4.78, 5) is 13.4. The monoisotopic (exact) mass is 392 g/mol. The van der Waals surface area contributed by atoms with Gasteiger partial charge in [0.25, 0.3) is 0 Å². The van der Waals surface area contributed by atoms with Crippen molar-refractivity contribution in [2.24, 2.45) is 0 Å². The molecular weight excluding hydrogens is 376 g/mol. The van der Waals surface area contributed by atoms with Crippen LogP contribution < -0.4 is 5.32 Å². The van der Waals surface area contributed by atoms with Crippen molar-refractivity contribution in [3.8, 4) is 10.7 Å². The fraction of sp³-hybridized carbons (Fsp3) is 0.235. The van der Waals surface area contributed by atoms with Gasteiger partial charge >= 0.3 is 0 Å². The fourth-order valence-electron chi connectivity index (χ4n) is 2.57. The lowest BCUT2D eigenvalue weighted by atomic mass is 10.1. The largest absolute Gasteiger partial charge is 0.352 e. The van der Waals surface area contributed by atoms with Gasteiger partial charge in [-0.2, -0.15) is 5.10 Å². The molecule has 0 fully saturated rings. The molecule has 0 saturated carbocycles. The highest BCUT2D eigenvalue weighted by Crippen LogP contribution is 2.22. The molecule has 0 radical (unpaired) electrons. The van der Waals surface area contributed by atoms with E-state index in [0.717, 1.165) is 10.4 Å². The molecular formula is C17H17ClN4OS2. The molecule has 0 saturated heterocycles. The van der Waals surface area contributed by atoms with Gasteiger partial charge in [0.15, 0.2) is 10.6 Å². The molecule has 25 heavy (non-hydrogen) atoms. The molecule has 3 aromatic rings. The maximum absolute atomic E-state index is 12.4. The van der Waals surface area contributed by atoms with Crippen LogP contribution in [0.25, 0.3) is 10.7 Å². The van der Waals surface area contributed by atoms with Crippen molar-refractivity contribution in [2.75, 3.05) is 0 Å². The first-order valence-electron chi connectivity index (χ1n) is 7.76. The summed E-state index contributed by atoms with van der Waals surface area (Å²) < 4.78 is 2.14. The third-order valence-corrected chi connectivity index (χ3v) is 5.24. The molecule has 0 bridgehead atoms. The first-order valence-corrected chi connectivity index (χ1v) is 9.43. The van der Waals surface area contributed by atoms with Crippen molar-refractivity contribution in [3.05, 3.63) is 57.1 Å². The van der Waals surface area contributed by atoms with E-state index in [2.05, 4.69) is 15.5 Å². The zero-order chi connectivity index (χ0) is 17.8. The first-order chi connectivity index (χ1) is 12.0. The average Bonchev–Trinajstić information content (AvgIpc) is 3.20. The van der Waals surface area contributed by atoms with E-state index in [4.69, 9.17) is 23.8 Å². The minimum Gasteiger partial charge on any atom is -0.352 e. The van der Waals surface area contributed by atoms with Crippen molar-refractivity contribution >= 4 is 41.1 Å². The van der Waals surface area contributed by atoms with Crippen molar-refractivity contribution in [2.45, 2.75) is 25.9 Å². The van der Waals surface area contributed by atoms with Crippen LogP contribution in [-0.2, 0) is 17.8 Å². The Morgan fingerprint density at radius 1 is 1.40 bits per heavy atom. The second kappa shape index (κ2) is 7.95. The average molecular weight is 393 g/mol. The zero-order valence-corrected chi connectivity index (χ0v) is 15.9. The van der Waals surface area contributed by atoms with E-state index in [-0.39, 0.29) is 18.5 Å². The van der Waals surface area contributed by atoms with E-state index in [1.165, 1.54) is 0 Å². The van der Waals surface area contributed by atoms with Gasteiger partial charge in [0.05, 0.1) is 4.88 Å². The normalized spacial score (nSPS) is 12.1. The summed E-state index contributed by atoms with van der Waals surface area (Å²) in [5.74, 6) is 0.559. The van der Waals surface area contributed by atoms with E-state index in [1.807, 2.05) is 48.7 Å². The van der Waals surface area contributed by atoms with Gasteiger partial charge in [-0.1, -0.05) is 35.9 Å². The lowest BCUT2D eigenvalue weighted by Gasteiger charge is -2.15. The molecule has 5 nitrogen and oxygen atoms in total. The predicted molar refractivity (Wildman–Crippen MR) is 103 cm³/mol. The zero-order valence-electron chi connectivity index (χ0n) is 13.5. The summed E-state index contributed by atoms with van der Waals surface area (Å²) in [6.45, 7) is 2.07. The maximum atomic E-state index is 12.4. The molecule has 8 heteroatoms. The van der Waals surface area contributed by atoms with E-state index in [9.17, 15) is 4.79 Å². The Labute approximate surface area is 159 Å². The summed E-state index contributed by atoms with van der Waals surface area (Å²) in [6.07, 6.45) is 0.667. The molecule has 1 amide bonds. The molecule has 1 atom stereocenters. The van der Waals surface area contributed by atoms with Gasteiger partial charge in [-0.05, 0) is 48.6 Å². The number of thiophene rings is 1. The number of aromatic nitrogens is 3. The number of amides is 1. The minimum absolute atomic E-state index is 0.0429. The van der Waals surface area contributed by atoms with E-state index in [0.29, 0.717) is 22.0 Å². The number of rotatable bonds is 6. The standard InChI is InChI=1S/C17H17ClN4OS2/c1-11(9-12-5-2-3-6-13(12)18)19-15(23)10-22-16(20-21-17(22)24)14-7-4-8-25-14/h2-8,11H,9-10H2,1H3,(H,19,23)(H,21,24)/t11-/m1/s1. The highest BCUT2D eigenvalue weighted by molar-refractivity contribution is 7.71. The summed E-state index contributed by atoms with van der Waals surface area (Å²) in [6, 6.07) is 11.5. The van der Waals surface area contributed by atoms with Crippen LogP contribution in [0, 0.1) is 4.77 Å². The minimum atomic E-state index is -0.116. The Morgan fingerprint density at radius 3 is 2.92 bits per heavy atom. The first kappa shape index (κ1) is 17.8. The van der Waals surface area contributed by atoms with Crippen LogP contribution in [0.5, 0.6) is 0 Å². The Balaban J connectivity index is 1.66.